The number of hydrogen-bond donors (Lipinski definition) is 0. The van der Waals surface area contributed by atoms with E-state index in [2.05, 4.69) is 0 Å². The highest BCUT2D eigenvalue weighted by molar-refractivity contribution is 6.30. The van der Waals surface area contributed by atoms with Gasteiger partial charge in [0, 0.05) is 23.5 Å². The zero-order valence-corrected chi connectivity index (χ0v) is 12.6. The molecule has 1 aromatic rings. The first kappa shape index (κ1) is 16.3. The van der Waals surface area contributed by atoms with Crippen LogP contribution in [0, 0.1) is 5.82 Å². The summed E-state index contributed by atoms with van der Waals surface area (Å²) >= 11 is 11.4. The third kappa shape index (κ3) is 4.08. The number of carbonyl (C=O) groups is 1. The molecular weight excluding hydrogens is 288 g/mol. The van der Waals surface area contributed by atoms with E-state index in [-0.39, 0.29) is 22.5 Å². The maximum Gasteiger partial charge on any atom is 0.257 e. The summed E-state index contributed by atoms with van der Waals surface area (Å²) < 4.78 is 13.8. The predicted octanol–water partition coefficient (Wildman–Crippen LogP) is 4.35. The number of benzene rings is 1. The highest BCUT2D eigenvalue weighted by Crippen LogP contribution is 2.19. The summed E-state index contributed by atoms with van der Waals surface area (Å²) in [7, 11) is 0. The topological polar surface area (TPSA) is 20.3 Å². The van der Waals surface area contributed by atoms with Crippen LogP contribution in [0.25, 0.3) is 0 Å². The molecular formula is C14H18Cl2FNO. The van der Waals surface area contributed by atoms with Crippen molar-refractivity contribution in [3.63, 3.8) is 0 Å². The molecule has 1 aromatic carbocycles. The molecule has 0 unspecified atom stereocenters. The molecule has 0 fully saturated rings. The molecule has 0 aliphatic rings. The molecule has 0 radical (unpaired) electrons. The van der Waals surface area contributed by atoms with E-state index < -0.39 is 5.82 Å². The van der Waals surface area contributed by atoms with Crippen LogP contribution in [-0.4, -0.2) is 29.3 Å². The molecule has 19 heavy (non-hydrogen) atoms. The lowest BCUT2D eigenvalue weighted by atomic mass is 10.1. The first-order valence-corrected chi connectivity index (χ1v) is 7.28. The van der Waals surface area contributed by atoms with Gasteiger partial charge in [0.2, 0.25) is 0 Å². The van der Waals surface area contributed by atoms with Crippen molar-refractivity contribution in [2.24, 2.45) is 0 Å². The van der Waals surface area contributed by atoms with Gasteiger partial charge in [0.25, 0.3) is 5.91 Å². The number of carbonyl (C=O) groups excluding carboxylic acids is 1. The van der Waals surface area contributed by atoms with Gasteiger partial charge in [-0.05, 0) is 31.0 Å². The van der Waals surface area contributed by atoms with Gasteiger partial charge in [0.15, 0.2) is 0 Å². The van der Waals surface area contributed by atoms with E-state index in [9.17, 15) is 9.18 Å². The van der Waals surface area contributed by atoms with Crippen molar-refractivity contribution in [1.82, 2.24) is 4.90 Å². The van der Waals surface area contributed by atoms with Crippen molar-refractivity contribution >= 4 is 29.1 Å². The fourth-order valence-electron chi connectivity index (χ4n) is 2.09. The Hall–Kier alpha value is -0.800. The summed E-state index contributed by atoms with van der Waals surface area (Å²) in [6.07, 6.45) is 1.63. The SMILES string of the molecule is CCC(CC)N(CCCl)C(=O)c1ccc(Cl)cc1F. The Labute approximate surface area is 123 Å². The van der Waals surface area contributed by atoms with Crippen LogP contribution in [0.15, 0.2) is 18.2 Å². The van der Waals surface area contributed by atoms with Crippen molar-refractivity contribution in [2.75, 3.05) is 12.4 Å². The summed E-state index contributed by atoms with van der Waals surface area (Å²) in [5, 5.41) is 0.278. The molecule has 0 aliphatic carbocycles. The molecule has 106 valence electrons. The lowest BCUT2D eigenvalue weighted by molar-refractivity contribution is 0.0677. The van der Waals surface area contributed by atoms with Gasteiger partial charge in [-0.15, -0.1) is 11.6 Å². The number of alkyl halides is 1. The Bertz CT molecular complexity index is 435. The summed E-state index contributed by atoms with van der Waals surface area (Å²) in [4.78, 5) is 14.0. The van der Waals surface area contributed by atoms with Gasteiger partial charge in [0.05, 0.1) is 5.56 Å². The highest BCUT2D eigenvalue weighted by Gasteiger charge is 2.24. The van der Waals surface area contributed by atoms with Crippen molar-refractivity contribution in [2.45, 2.75) is 32.7 Å². The van der Waals surface area contributed by atoms with Gasteiger partial charge in [-0.3, -0.25) is 4.79 Å². The van der Waals surface area contributed by atoms with E-state index >= 15 is 0 Å². The summed E-state index contributed by atoms with van der Waals surface area (Å²) in [6.45, 7) is 4.41. The third-order valence-electron chi connectivity index (χ3n) is 3.13. The Kier molecular flexibility index (Phi) is 6.59. The molecule has 1 rings (SSSR count). The van der Waals surface area contributed by atoms with E-state index in [1.165, 1.54) is 12.1 Å². The number of rotatable bonds is 6. The molecule has 0 N–H and O–H groups in total. The van der Waals surface area contributed by atoms with Crippen LogP contribution in [0.2, 0.25) is 5.02 Å². The van der Waals surface area contributed by atoms with Crippen LogP contribution < -0.4 is 0 Å². The second-order valence-corrected chi connectivity index (χ2v) is 5.10. The summed E-state index contributed by atoms with van der Waals surface area (Å²) in [5.41, 5.74) is 0.0430. The molecule has 0 aromatic heterocycles. The molecule has 0 bridgehead atoms. The average Bonchev–Trinajstić information content (AvgIpc) is 2.38. The van der Waals surface area contributed by atoms with Crippen molar-refractivity contribution in [1.29, 1.82) is 0 Å². The standard InChI is InChI=1S/C14H18Cl2FNO/c1-3-11(4-2)18(8-7-15)14(19)12-6-5-10(16)9-13(12)17/h5-6,9,11H,3-4,7-8H2,1-2H3. The second kappa shape index (κ2) is 7.71. The Morgan fingerprint density at radius 3 is 2.47 bits per heavy atom. The van der Waals surface area contributed by atoms with Crippen LogP contribution in [0.1, 0.15) is 37.0 Å². The minimum Gasteiger partial charge on any atom is -0.334 e. The van der Waals surface area contributed by atoms with E-state index in [1.807, 2.05) is 13.8 Å². The minimum absolute atomic E-state index is 0.0430. The Morgan fingerprint density at radius 2 is 2.00 bits per heavy atom. The quantitative estimate of drug-likeness (QED) is 0.716. The van der Waals surface area contributed by atoms with Crippen LogP contribution in [0.3, 0.4) is 0 Å². The molecule has 1 amide bonds. The molecule has 0 saturated carbocycles. The number of nitrogens with zero attached hydrogens (tertiary/aromatic N) is 1. The van der Waals surface area contributed by atoms with Crippen LogP contribution >= 0.6 is 23.2 Å². The molecule has 0 saturated heterocycles. The number of amides is 1. The number of halogens is 3. The number of hydrogen-bond acceptors (Lipinski definition) is 1. The van der Waals surface area contributed by atoms with Gasteiger partial charge >= 0.3 is 0 Å². The van der Waals surface area contributed by atoms with Gasteiger partial charge in [-0.25, -0.2) is 4.39 Å². The molecule has 0 atom stereocenters. The normalized spacial score (nSPS) is 10.8. The first-order valence-electron chi connectivity index (χ1n) is 6.37. The minimum atomic E-state index is -0.594. The maximum absolute atomic E-state index is 13.8. The summed E-state index contributed by atoms with van der Waals surface area (Å²) in [6, 6.07) is 4.16. The fourth-order valence-corrected chi connectivity index (χ4v) is 2.43. The van der Waals surface area contributed by atoms with Gasteiger partial charge < -0.3 is 4.90 Å². The zero-order chi connectivity index (χ0) is 14.4. The Balaban J connectivity index is 3.04. The highest BCUT2D eigenvalue weighted by atomic mass is 35.5. The first-order chi connectivity index (χ1) is 9.04. The molecule has 5 heteroatoms. The lowest BCUT2D eigenvalue weighted by Crippen LogP contribution is -2.41. The largest absolute Gasteiger partial charge is 0.334 e. The maximum atomic E-state index is 13.8. The lowest BCUT2D eigenvalue weighted by Gasteiger charge is -2.30. The molecule has 2 nitrogen and oxygen atoms in total. The van der Waals surface area contributed by atoms with E-state index in [0.717, 1.165) is 18.9 Å². The Morgan fingerprint density at radius 1 is 1.37 bits per heavy atom. The van der Waals surface area contributed by atoms with Gasteiger partial charge in [-0.2, -0.15) is 0 Å². The van der Waals surface area contributed by atoms with Crippen molar-refractivity contribution in [3.8, 4) is 0 Å². The predicted molar refractivity (Wildman–Crippen MR) is 77.5 cm³/mol. The van der Waals surface area contributed by atoms with E-state index in [4.69, 9.17) is 23.2 Å². The zero-order valence-electron chi connectivity index (χ0n) is 11.1. The van der Waals surface area contributed by atoms with Gasteiger partial charge in [0.1, 0.15) is 5.82 Å². The van der Waals surface area contributed by atoms with E-state index in [1.54, 1.807) is 4.90 Å². The third-order valence-corrected chi connectivity index (χ3v) is 3.54. The average molecular weight is 306 g/mol. The van der Waals surface area contributed by atoms with Crippen molar-refractivity contribution in [3.05, 3.63) is 34.6 Å². The van der Waals surface area contributed by atoms with Crippen LogP contribution in [0.5, 0.6) is 0 Å². The monoisotopic (exact) mass is 305 g/mol. The summed E-state index contributed by atoms with van der Waals surface area (Å²) in [5.74, 6) is -0.594. The second-order valence-electron chi connectivity index (χ2n) is 4.28. The van der Waals surface area contributed by atoms with Crippen LogP contribution in [-0.2, 0) is 0 Å². The molecule has 0 spiro atoms. The smallest absolute Gasteiger partial charge is 0.257 e. The van der Waals surface area contributed by atoms with Gasteiger partial charge in [-0.1, -0.05) is 25.4 Å². The van der Waals surface area contributed by atoms with Crippen molar-refractivity contribution < 1.29 is 9.18 Å². The van der Waals surface area contributed by atoms with E-state index in [0.29, 0.717) is 12.4 Å². The fraction of sp³-hybridized carbons (Fsp3) is 0.500. The van der Waals surface area contributed by atoms with Crippen LogP contribution in [0.4, 0.5) is 4.39 Å². The molecule has 0 aliphatic heterocycles. The molecule has 0 heterocycles.